The van der Waals surface area contributed by atoms with Crippen molar-refractivity contribution in [1.29, 1.82) is 0 Å². The molecule has 3 aromatic heterocycles. The first-order valence-electron chi connectivity index (χ1n) is 21.2. The molecule has 3 saturated heterocycles. The molecule has 9 rings (SSSR count). The van der Waals surface area contributed by atoms with Crippen LogP contribution in [0.25, 0.3) is 32.7 Å². The number of ether oxygens (including phenoxy) is 1. The van der Waals surface area contributed by atoms with Gasteiger partial charge in [-0.15, -0.1) is 34.8 Å². The molecular formula is C45H64Br5Cl3N8O. The van der Waals surface area contributed by atoms with E-state index in [9.17, 15) is 0 Å². The highest BCUT2D eigenvalue weighted by atomic mass is 79.9. The van der Waals surface area contributed by atoms with Gasteiger partial charge in [-0.1, -0.05) is 79.6 Å². The first-order chi connectivity index (χ1) is 30.0. The van der Waals surface area contributed by atoms with Crippen molar-refractivity contribution in [1.82, 2.24) is 40.4 Å². The van der Waals surface area contributed by atoms with Gasteiger partial charge in [0.1, 0.15) is 6.00 Å². The smallest absolute Gasteiger partial charge is 0.116 e. The van der Waals surface area contributed by atoms with E-state index in [0.717, 1.165) is 89.6 Å². The van der Waals surface area contributed by atoms with Crippen LogP contribution in [0.5, 0.6) is 0 Å². The number of hydrogen-bond donors (Lipinski definition) is 3. The zero-order chi connectivity index (χ0) is 45.5. The number of aromatic amines is 1. The van der Waals surface area contributed by atoms with Gasteiger partial charge in [0.25, 0.3) is 0 Å². The fourth-order valence-electron chi connectivity index (χ4n) is 6.06. The summed E-state index contributed by atoms with van der Waals surface area (Å²) >= 11 is 32.8. The number of rotatable bonds is 5. The quantitative estimate of drug-likeness (QED) is 0.149. The second-order valence-electron chi connectivity index (χ2n) is 14.1. The van der Waals surface area contributed by atoms with Crippen LogP contribution in [0, 0.1) is 20.8 Å². The Hall–Kier alpha value is -0.780. The average Bonchev–Trinajstić information content (AvgIpc) is 4.17. The van der Waals surface area contributed by atoms with E-state index in [1.165, 1.54) is 87.4 Å². The molecule has 6 aromatic rings. The lowest BCUT2D eigenvalue weighted by Gasteiger charge is -2.08. The molecule has 0 spiro atoms. The fourth-order valence-corrected chi connectivity index (χ4v) is 8.03. The number of nitrogens with zero attached hydrogens (tertiary/aromatic N) is 5. The molecule has 3 aliphatic rings. The van der Waals surface area contributed by atoms with Crippen molar-refractivity contribution in [2.75, 3.05) is 61.8 Å². The summed E-state index contributed by atoms with van der Waals surface area (Å²) in [5.74, 6) is 1.48. The molecule has 3 fully saturated rings. The summed E-state index contributed by atoms with van der Waals surface area (Å²) in [6.45, 7) is 16.1. The monoisotopic (exact) mass is 1230 g/mol. The van der Waals surface area contributed by atoms with Crippen molar-refractivity contribution in [2.24, 2.45) is 0 Å². The Balaban J connectivity index is 0.000000254. The SMILES string of the molecule is C1CCNC1.C1CCNC1.C1CCOCC1.CCn1nc(C)c2ccc(Br)cc21.Cc1[nH]nc2cc(Br)ccc12.Cc1nn(CCl)c2cc(Br)ccc12.ClCCBr.ClCCCBr. The first-order valence-corrected chi connectivity index (χ1v) is 27.4. The third kappa shape index (κ3) is 22.6. The van der Waals surface area contributed by atoms with Crippen molar-refractivity contribution in [2.45, 2.75) is 91.6 Å². The highest BCUT2D eigenvalue weighted by Gasteiger charge is 2.07. The third-order valence-corrected chi connectivity index (χ3v) is 12.8. The van der Waals surface area contributed by atoms with E-state index in [-0.39, 0.29) is 0 Å². The summed E-state index contributed by atoms with van der Waals surface area (Å²) in [6.07, 6.45) is 10.6. The van der Waals surface area contributed by atoms with E-state index in [1.807, 2.05) is 55.8 Å². The number of H-pyrrole nitrogens is 1. The summed E-state index contributed by atoms with van der Waals surface area (Å²) in [6, 6.07) is 18.8. The van der Waals surface area contributed by atoms with E-state index in [0.29, 0.717) is 11.9 Å². The van der Waals surface area contributed by atoms with Crippen LogP contribution in [0.2, 0.25) is 0 Å². The Morgan fingerprint density at radius 2 is 1.08 bits per heavy atom. The topological polar surface area (TPSA) is 97.6 Å². The molecule has 0 unspecified atom stereocenters. The standard InChI is InChI=1S/C10H11BrN2.C9H8BrClN2.C8H7BrN2.C5H10O.2C4H9N.C3H6BrCl.C2H4BrCl/c1-3-13-10-6-8(11)4-5-9(10)7(2)12-13;1-6-8-3-2-7(10)4-9(8)13(5-11)12-6;1-5-7-3-2-6(9)4-8(7)11-10-5;1-2-4-6-5-3-1;2*1-2-4-5-3-1;4-2-1-3-5;3-1-2-4/h4-6H,3H2,1-2H3;2-4H,5H2,1H3;2-4H,1H3,(H,10,11);1-5H2;2*5H,1-4H2;1-3H2;1-2H2. The van der Waals surface area contributed by atoms with E-state index >= 15 is 0 Å². The molecule has 0 amide bonds. The van der Waals surface area contributed by atoms with Gasteiger partial charge in [0.05, 0.1) is 27.9 Å². The number of aromatic nitrogens is 6. The number of aryl methyl sites for hydroxylation is 4. The molecular weight excluding hydrogens is 1170 g/mol. The van der Waals surface area contributed by atoms with Crippen LogP contribution in [0.15, 0.2) is 68.0 Å². The van der Waals surface area contributed by atoms with Crippen LogP contribution in [0.3, 0.4) is 0 Å². The molecule has 0 saturated carbocycles. The van der Waals surface area contributed by atoms with Crippen molar-refractivity contribution in [3.05, 3.63) is 85.1 Å². The normalized spacial score (nSPS) is 13.9. The summed E-state index contributed by atoms with van der Waals surface area (Å²) in [7, 11) is 0. The minimum Gasteiger partial charge on any atom is -0.381 e. The van der Waals surface area contributed by atoms with E-state index in [2.05, 4.69) is 142 Å². The van der Waals surface area contributed by atoms with Crippen molar-refractivity contribution in [3.8, 4) is 0 Å². The van der Waals surface area contributed by atoms with Crippen molar-refractivity contribution < 1.29 is 4.74 Å². The molecule has 62 heavy (non-hydrogen) atoms. The van der Waals surface area contributed by atoms with Crippen LogP contribution in [0.4, 0.5) is 0 Å². The van der Waals surface area contributed by atoms with Crippen LogP contribution >= 0.6 is 114 Å². The Bertz CT molecular complexity index is 1940. The molecule has 9 nitrogen and oxygen atoms in total. The zero-order valence-corrected chi connectivity index (χ0v) is 46.7. The van der Waals surface area contributed by atoms with Gasteiger partial charge in [-0.2, -0.15) is 15.3 Å². The van der Waals surface area contributed by atoms with Crippen LogP contribution in [-0.2, 0) is 17.3 Å². The highest BCUT2D eigenvalue weighted by molar-refractivity contribution is 9.11. The molecule has 0 radical (unpaired) electrons. The fraction of sp³-hybridized carbons (Fsp3) is 0.533. The highest BCUT2D eigenvalue weighted by Crippen LogP contribution is 2.24. The maximum atomic E-state index is 5.76. The molecule has 0 atom stereocenters. The van der Waals surface area contributed by atoms with Gasteiger partial charge in [0.2, 0.25) is 0 Å². The van der Waals surface area contributed by atoms with Gasteiger partial charge >= 0.3 is 0 Å². The first kappa shape index (κ1) is 57.3. The number of fused-ring (bicyclic) bond motifs is 3. The lowest BCUT2D eigenvalue weighted by molar-refractivity contribution is 0.0968. The molecule has 3 aliphatic heterocycles. The van der Waals surface area contributed by atoms with Gasteiger partial charge < -0.3 is 15.4 Å². The van der Waals surface area contributed by atoms with Crippen LogP contribution in [-0.4, -0.2) is 91.6 Å². The average molecular weight is 1240 g/mol. The Morgan fingerprint density at radius 3 is 1.44 bits per heavy atom. The van der Waals surface area contributed by atoms with Gasteiger partial charge in [-0.25, -0.2) is 4.68 Å². The molecule has 0 aliphatic carbocycles. The maximum Gasteiger partial charge on any atom is 0.116 e. The van der Waals surface area contributed by atoms with E-state index < -0.39 is 0 Å². The minimum absolute atomic E-state index is 0.390. The van der Waals surface area contributed by atoms with E-state index in [4.69, 9.17) is 39.5 Å². The lowest BCUT2D eigenvalue weighted by atomic mass is 10.2. The summed E-state index contributed by atoms with van der Waals surface area (Å²) in [4.78, 5) is 0. The van der Waals surface area contributed by atoms with Gasteiger partial charge in [-0.05, 0) is 160 Å². The second kappa shape index (κ2) is 35.4. The third-order valence-electron chi connectivity index (χ3n) is 9.25. The largest absolute Gasteiger partial charge is 0.381 e. The summed E-state index contributed by atoms with van der Waals surface area (Å²) in [5, 5.41) is 27.8. The lowest BCUT2D eigenvalue weighted by Crippen LogP contribution is -2.03. The number of benzene rings is 3. The number of hydrogen-bond acceptors (Lipinski definition) is 6. The minimum atomic E-state index is 0.390. The Kier molecular flexibility index (Phi) is 32.8. The number of alkyl halides is 5. The summed E-state index contributed by atoms with van der Waals surface area (Å²) < 4.78 is 12.1. The molecule has 3 aromatic carbocycles. The second-order valence-corrected chi connectivity index (χ2v) is 19.5. The van der Waals surface area contributed by atoms with E-state index in [1.54, 1.807) is 4.68 Å². The van der Waals surface area contributed by atoms with Crippen molar-refractivity contribution >= 4 is 147 Å². The molecule has 6 heterocycles. The summed E-state index contributed by atoms with van der Waals surface area (Å²) in [5.41, 5.74) is 6.52. The molecule has 346 valence electrons. The number of halogens is 8. The predicted molar refractivity (Wildman–Crippen MR) is 287 cm³/mol. The van der Waals surface area contributed by atoms with Crippen molar-refractivity contribution in [3.63, 3.8) is 0 Å². The Labute approximate surface area is 426 Å². The van der Waals surface area contributed by atoms with Gasteiger partial charge in [0.15, 0.2) is 0 Å². The Morgan fingerprint density at radius 1 is 0.613 bits per heavy atom. The van der Waals surface area contributed by atoms with Gasteiger partial charge in [0, 0.05) is 77.4 Å². The molecule has 0 bridgehead atoms. The van der Waals surface area contributed by atoms with Gasteiger partial charge in [-0.3, -0.25) is 9.78 Å². The molecule has 3 N–H and O–H groups in total. The molecule has 17 heteroatoms. The van der Waals surface area contributed by atoms with Crippen LogP contribution in [0.1, 0.15) is 75.4 Å². The van der Waals surface area contributed by atoms with Crippen LogP contribution < -0.4 is 10.6 Å². The number of nitrogens with one attached hydrogen (secondary N) is 3. The predicted octanol–water partition coefficient (Wildman–Crippen LogP) is 14.6. The zero-order valence-electron chi connectivity index (χ0n) is 36.5. The maximum absolute atomic E-state index is 5.76.